The van der Waals surface area contributed by atoms with Crippen LogP contribution in [-0.4, -0.2) is 24.1 Å². The predicted octanol–water partition coefficient (Wildman–Crippen LogP) is 16.1. The Hall–Kier alpha value is -9.19. The Balaban J connectivity index is 1.15. The van der Waals surface area contributed by atoms with E-state index in [1.165, 1.54) is 43.7 Å². The Kier molecular flexibility index (Phi) is 9.43. The lowest BCUT2D eigenvalue weighted by Crippen LogP contribution is -2.04. The average molecular weight is 868 g/mol. The first-order valence-electron chi connectivity index (χ1n) is 23.0. The molecule has 0 amide bonds. The van der Waals surface area contributed by atoms with Crippen molar-refractivity contribution in [2.24, 2.45) is 0 Å². The van der Waals surface area contributed by atoms with E-state index in [2.05, 4.69) is 221 Å². The lowest BCUT2D eigenvalue weighted by Gasteiger charge is -2.21. The van der Waals surface area contributed by atoms with Gasteiger partial charge in [-0.05, 0) is 70.8 Å². The fraction of sp³-hybridized carbons (Fsp3) is 0. The van der Waals surface area contributed by atoms with Crippen molar-refractivity contribution in [2.45, 2.75) is 0 Å². The molecule has 0 radical (unpaired) electrons. The van der Waals surface area contributed by atoms with Gasteiger partial charge < -0.3 is 9.13 Å². The van der Waals surface area contributed by atoms with Crippen molar-refractivity contribution in [1.82, 2.24) is 24.1 Å². The van der Waals surface area contributed by atoms with Gasteiger partial charge in [0.15, 0.2) is 17.5 Å². The van der Waals surface area contributed by atoms with E-state index in [9.17, 15) is 0 Å². The number of hydrogen-bond donors (Lipinski definition) is 0. The van der Waals surface area contributed by atoms with Gasteiger partial charge in [-0.1, -0.05) is 200 Å². The highest BCUT2D eigenvalue weighted by Gasteiger charge is 2.24. The molecule has 5 nitrogen and oxygen atoms in total. The molecule has 3 aromatic heterocycles. The zero-order valence-electron chi connectivity index (χ0n) is 36.9. The molecule has 0 spiro atoms. The van der Waals surface area contributed by atoms with Crippen LogP contribution in [0.5, 0.6) is 0 Å². The molecule has 0 aliphatic heterocycles. The quantitative estimate of drug-likeness (QED) is 0.153. The summed E-state index contributed by atoms with van der Waals surface area (Å²) in [5, 5.41) is 4.80. The third-order valence-electron chi connectivity index (χ3n) is 13.2. The second-order valence-electron chi connectivity index (χ2n) is 17.2. The van der Waals surface area contributed by atoms with Gasteiger partial charge >= 0.3 is 0 Å². The zero-order chi connectivity index (χ0) is 45.0. The van der Waals surface area contributed by atoms with Crippen LogP contribution in [0.3, 0.4) is 0 Å². The van der Waals surface area contributed by atoms with Crippen LogP contribution in [0.25, 0.3) is 123 Å². The number of nitrogens with zero attached hydrogens (tertiary/aromatic N) is 5. The van der Waals surface area contributed by atoms with Gasteiger partial charge in [0.05, 0.1) is 27.8 Å². The highest BCUT2D eigenvalue weighted by molar-refractivity contribution is 6.14. The second-order valence-corrected chi connectivity index (χ2v) is 17.2. The van der Waals surface area contributed by atoms with Crippen molar-refractivity contribution >= 4 is 43.6 Å². The van der Waals surface area contributed by atoms with Gasteiger partial charge in [0, 0.05) is 55.0 Å². The highest BCUT2D eigenvalue weighted by Crippen LogP contribution is 2.45. The molecule has 13 rings (SSSR count). The molecule has 0 fully saturated rings. The molecule has 0 saturated heterocycles. The Morgan fingerprint density at radius 1 is 0.235 bits per heavy atom. The molecule has 0 saturated carbocycles. The summed E-state index contributed by atoms with van der Waals surface area (Å²) in [4.78, 5) is 15.6. The molecule has 0 atom stereocenters. The Labute approximate surface area is 393 Å². The van der Waals surface area contributed by atoms with Gasteiger partial charge in [0.25, 0.3) is 0 Å². The number of para-hydroxylation sites is 2. The van der Waals surface area contributed by atoms with E-state index in [0.717, 1.165) is 61.4 Å². The van der Waals surface area contributed by atoms with Crippen LogP contribution in [0.2, 0.25) is 0 Å². The van der Waals surface area contributed by atoms with Crippen LogP contribution in [-0.2, 0) is 0 Å². The summed E-state index contributed by atoms with van der Waals surface area (Å²) in [6, 6.07) is 88.5. The summed E-state index contributed by atoms with van der Waals surface area (Å²) >= 11 is 0. The van der Waals surface area contributed by atoms with Crippen molar-refractivity contribution in [3.8, 4) is 78.9 Å². The topological polar surface area (TPSA) is 48.5 Å². The van der Waals surface area contributed by atoms with Crippen molar-refractivity contribution < 1.29 is 0 Å². The number of rotatable bonds is 8. The molecule has 318 valence electrons. The van der Waals surface area contributed by atoms with Gasteiger partial charge in [0.1, 0.15) is 0 Å². The van der Waals surface area contributed by atoms with E-state index in [4.69, 9.17) is 15.0 Å². The summed E-state index contributed by atoms with van der Waals surface area (Å²) in [7, 11) is 0. The number of fused-ring (bicyclic) bond motifs is 6. The van der Waals surface area contributed by atoms with E-state index < -0.39 is 0 Å². The number of aromatic nitrogens is 5. The fourth-order valence-electron chi connectivity index (χ4n) is 10.0. The first-order valence-corrected chi connectivity index (χ1v) is 23.0. The molecule has 5 heteroatoms. The molecule has 0 aliphatic rings. The average Bonchev–Trinajstić information content (AvgIpc) is 3.93. The molecule has 13 aromatic rings. The maximum atomic E-state index is 5.26. The standard InChI is InChI=1S/C63H41N5/c1-6-20-42(21-7-1)47-34-37-58-55(38-47)52-36-35-49(67-56-32-18-16-30-50(56)51-31-17-19-33-57(51)67)41-59(52)68(58)60-53(43-22-8-2-9-23-43)39-48(40-54(60)44-24-10-3-11-25-44)63-65-61(45-26-12-4-13-27-45)64-62(66-63)46-28-14-5-15-29-46/h1-41H. The SMILES string of the molecule is c1ccc(-c2ccc3c(c2)c2ccc(-n4c5ccccc5c5ccccc54)cc2n3-c2c(-c3ccccc3)cc(-c3nc(-c4ccccc4)nc(-c4ccccc4)n3)cc2-c2ccccc2)cc1. The third-order valence-corrected chi connectivity index (χ3v) is 13.2. The van der Waals surface area contributed by atoms with Crippen LogP contribution >= 0.6 is 0 Å². The minimum atomic E-state index is 0.599. The minimum Gasteiger partial charge on any atom is -0.309 e. The van der Waals surface area contributed by atoms with E-state index in [1.807, 2.05) is 36.4 Å². The second kappa shape index (κ2) is 16.4. The molecule has 68 heavy (non-hydrogen) atoms. The molecule has 3 heterocycles. The molecule has 0 aliphatic carbocycles. The van der Waals surface area contributed by atoms with E-state index in [-0.39, 0.29) is 0 Å². The highest BCUT2D eigenvalue weighted by atomic mass is 15.0. The van der Waals surface area contributed by atoms with Gasteiger partial charge in [-0.15, -0.1) is 0 Å². The zero-order valence-corrected chi connectivity index (χ0v) is 36.9. The van der Waals surface area contributed by atoms with Crippen molar-refractivity contribution in [3.05, 3.63) is 249 Å². The van der Waals surface area contributed by atoms with Crippen molar-refractivity contribution in [2.75, 3.05) is 0 Å². The maximum absolute atomic E-state index is 5.26. The Bertz CT molecular complexity index is 3820. The maximum Gasteiger partial charge on any atom is 0.164 e. The van der Waals surface area contributed by atoms with Gasteiger partial charge in [-0.25, -0.2) is 15.0 Å². The van der Waals surface area contributed by atoms with Gasteiger partial charge in [-0.2, -0.15) is 0 Å². The van der Waals surface area contributed by atoms with Gasteiger partial charge in [-0.3, -0.25) is 0 Å². The normalized spacial score (nSPS) is 11.5. The van der Waals surface area contributed by atoms with Gasteiger partial charge in [0.2, 0.25) is 0 Å². The molecule has 0 bridgehead atoms. The first kappa shape index (κ1) is 39.2. The molecular weight excluding hydrogens is 827 g/mol. The lowest BCUT2D eigenvalue weighted by atomic mass is 9.92. The molecule has 10 aromatic carbocycles. The van der Waals surface area contributed by atoms with Crippen LogP contribution in [0, 0.1) is 0 Å². The van der Waals surface area contributed by atoms with E-state index >= 15 is 0 Å². The summed E-state index contributed by atoms with van der Waals surface area (Å²) in [5.41, 5.74) is 16.1. The molecule has 0 N–H and O–H groups in total. The predicted molar refractivity (Wildman–Crippen MR) is 281 cm³/mol. The van der Waals surface area contributed by atoms with Crippen molar-refractivity contribution in [3.63, 3.8) is 0 Å². The fourth-order valence-corrected chi connectivity index (χ4v) is 10.0. The van der Waals surface area contributed by atoms with Crippen LogP contribution < -0.4 is 0 Å². The van der Waals surface area contributed by atoms with Crippen LogP contribution in [0.1, 0.15) is 0 Å². The lowest BCUT2D eigenvalue weighted by molar-refractivity contribution is 1.07. The minimum absolute atomic E-state index is 0.599. The molecule has 0 unspecified atom stereocenters. The van der Waals surface area contributed by atoms with E-state index in [0.29, 0.717) is 17.5 Å². The van der Waals surface area contributed by atoms with E-state index in [1.54, 1.807) is 0 Å². The summed E-state index contributed by atoms with van der Waals surface area (Å²) in [6.07, 6.45) is 0. The van der Waals surface area contributed by atoms with Crippen LogP contribution in [0.15, 0.2) is 249 Å². The first-order chi connectivity index (χ1) is 33.7. The smallest absolute Gasteiger partial charge is 0.164 e. The van der Waals surface area contributed by atoms with Crippen LogP contribution in [0.4, 0.5) is 0 Å². The largest absolute Gasteiger partial charge is 0.309 e. The summed E-state index contributed by atoms with van der Waals surface area (Å²) in [5.74, 6) is 1.84. The third kappa shape index (κ3) is 6.68. The monoisotopic (exact) mass is 867 g/mol. The Morgan fingerprint density at radius 2 is 0.647 bits per heavy atom. The van der Waals surface area contributed by atoms with Crippen molar-refractivity contribution in [1.29, 1.82) is 0 Å². The summed E-state index contributed by atoms with van der Waals surface area (Å²) < 4.78 is 4.92. The number of benzene rings is 10. The summed E-state index contributed by atoms with van der Waals surface area (Å²) in [6.45, 7) is 0. The number of hydrogen-bond acceptors (Lipinski definition) is 3. The molecular formula is C63H41N5. The Morgan fingerprint density at radius 3 is 1.16 bits per heavy atom.